The highest BCUT2D eigenvalue weighted by atomic mass is 16.5. The van der Waals surface area contributed by atoms with Crippen molar-refractivity contribution in [1.29, 1.82) is 0 Å². The summed E-state index contributed by atoms with van der Waals surface area (Å²) in [7, 11) is 0. The van der Waals surface area contributed by atoms with E-state index in [0.717, 1.165) is 19.4 Å². The molecule has 2 rings (SSSR count). The Hall–Kier alpha value is -1.95. The largest absolute Gasteiger partial charge is 0.376 e. The smallest absolute Gasteiger partial charge is 0.262 e. The van der Waals surface area contributed by atoms with Crippen LogP contribution in [0.4, 0.5) is 0 Å². The number of nitrogens with one attached hydrogen (secondary N) is 1. The molecule has 0 saturated carbocycles. The zero-order valence-electron chi connectivity index (χ0n) is 12.3. The maximum Gasteiger partial charge on any atom is 0.262 e. The van der Waals surface area contributed by atoms with Crippen molar-refractivity contribution in [3.8, 4) is 0 Å². The summed E-state index contributed by atoms with van der Waals surface area (Å²) in [6.45, 7) is 4.18. The summed E-state index contributed by atoms with van der Waals surface area (Å²) in [6.07, 6.45) is 2.02. The molecule has 6 heteroatoms. The minimum atomic E-state index is -0.422. The quantitative estimate of drug-likeness (QED) is 0.809. The minimum Gasteiger partial charge on any atom is -0.376 e. The highest BCUT2D eigenvalue weighted by molar-refractivity contribution is 5.93. The summed E-state index contributed by atoms with van der Waals surface area (Å²) >= 11 is 0. The molecule has 1 atom stereocenters. The molecule has 21 heavy (non-hydrogen) atoms. The van der Waals surface area contributed by atoms with Crippen molar-refractivity contribution in [3.63, 3.8) is 0 Å². The zero-order valence-corrected chi connectivity index (χ0v) is 12.3. The number of amides is 1. The molecule has 0 aromatic carbocycles. The Bertz CT molecular complexity index is 600. The van der Waals surface area contributed by atoms with Gasteiger partial charge in [-0.05, 0) is 38.8 Å². The van der Waals surface area contributed by atoms with E-state index in [2.05, 4.69) is 5.32 Å². The Labute approximate surface area is 123 Å². The van der Waals surface area contributed by atoms with Crippen LogP contribution in [0, 0.1) is 6.92 Å². The molecule has 114 valence electrons. The van der Waals surface area contributed by atoms with Gasteiger partial charge in [-0.2, -0.15) is 0 Å². The molecule has 1 unspecified atom stereocenters. The van der Waals surface area contributed by atoms with E-state index in [9.17, 15) is 14.4 Å². The van der Waals surface area contributed by atoms with Gasteiger partial charge in [-0.25, -0.2) is 0 Å². The molecule has 1 amide bonds. The van der Waals surface area contributed by atoms with Gasteiger partial charge in [0.15, 0.2) is 5.78 Å². The molecule has 1 N–H and O–H groups in total. The van der Waals surface area contributed by atoms with Crippen molar-refractivity contribution in [1.82, 2.24) is 9.88 Å². The van der Waals surface area contributed by atoms with E-state index >= 15 is 0 Å². The van der Waals surface area contributed by atoms with Crippen LogP contribution in [0.2, 0.25) is 0 Å². The second-order valence-electron chi connectivity index (χ2n) is 5.27. The fraction of sp³-hybridized carbons (Fsp3) is 0.533. The van der Waals surface area contributed by atoms with Gasteiger partial charge in [0.1, 0.15) is 6.54 Å². The second kappa shape index (κ2) is 6.67. The van der Waals surface area contributed by atoms with E-state index in [4.69, 9.17) is 4.74 Å². The summed E-state index contributed by atoms with van der Waals surface area (Å²) in [6, 6.07) is 3.17. The van der Waals surface area contributed by atoms with Gasteiger partial charge in [0.05, 0.1) is 11.7 Å². The highest BCUT2D eigenvalue weighted by Crippen LogP contribution is 2.10. The highest BCUT2D eigenvalue weighted by Gasteiger charge is 2.17. The molecule has 1 saturated heterocycles. The third kappa shape index (κ3) is 3.78. The first-order valence-corrected chi connectivity index (χ1v) is 7.08. The first-order chi connectivity index (χ1) is 9.99. The number of carbonyl (C=O) groups is 2. The number of rotatable bonds is 5. The topological polar surface area (TPSA) is 77.4 Å². The first kappa shape index (κ1) is 15.4. The number of Topliss-reactive ketones (excluding diaryl/α,β-unsaturated/α-hetero) is 1. The van der Waals surface area contributed by atoms with Crippen LogP contribution in [-0.4, -0.2) is 35.5 Å². The molecular formula is C15H20N2O4. The molecular weight excluding hydrogens is 272 g/mol. The maximum absolute atomic E-state index is 12.2. The van der Waals surface area contributed by atoms with Crippen molar-refractivity contribution in [3.05, 3.63) is 33.7 Å². The monoisotopic (exact) mass is 292 g/mol. The van der Waals surface area contributed by atoms with Crippen molar-refractivity contribution in [2.45, 2.75) is 39.3 Å². The summed E-state index contributed by atoms with van der Waals surface area (Å²) in [5, 5.41) is 2.77. The second-order valence-corrected chi connectivity index (χ2v) is 5.27. The summed E-state index contributed by atoms with van der Waals surface area (Å²) in [4.78, 5) is 35.5. The Morgan fingerprint density at radius 3 is 2.81 bits per heavy atom. The van der Waals surface area contributed by atoms with Crippen molar-refractivity contribution in [2.75, 3.05) is 13.2 Å². The van der Waals surface area contributed by atoms with E-state index in [1.54, 1.807) is 13.0 Å². The first-order valence-electron chi connectivity index (χ1n) is 7.08. The Kier molecular flexibility index (Phi) is 4.90. The fourth-order valence-corrected chi connectivity index (χ4v) is 2.37. The molecule has 6 nitrogen and oxygen atoms in total. The fourth-order valence-electron chi connectivity index (χ4n) is 2.37. The lowest BCUT2D eigenvalue weighted by Gasteiger charge is -2.13. The number of hydrogen-bond donors (Lipinski definition) is 1. The summed E-state index contributed by atoms with van der Waals surface area (Å²) in [5.41, 5.74) is 0.333. The Balaban J connectivity index is 2.04. The number of carbonyl (C=O) groups excluding carboxylic acids is 2. The van der Waals surface area contributed by atoms with Crippen LogP contribution in [0.3, 0.4) is 0 Å². The van der Waals surface area contributed by atoms with Gasteiger partial charge < -0.3 is 14.6 Å². The van der Waals surface area contributed by atoms with E-state index in [0.29, 0.717) is 12.2 Å². The van der Waals surface area contributed by atoms with E-state index < -0.39 is 5.56 Å². The van der Waals surface area contributed by atoms with Crippen molar-refractivity contribution in [2.24, 2.45) is 0 Å². The number of hydrogen-bond acceptors (Lipinski definition) is 4. The van der Waals surface area contributed by atoms with Gasteiger partial charge in [-0.3, -0.25) is 14.4 Å². The average Bonchev–Trinajstić information content (AvgIpc) is 2.94. The Morgan fingerprint density at radius 2 is 2.19 bits per heavy atom. The molecule has 1 aliphatic rings. The molecule has 1 aliphatic heterocycles. The molecule has 0 radical (unpaired) electrons. The van der Waals surface area contributed by atoms with Crippen molar-refractivity contribution >= 4 is 11.7 Å². The van der Waals surface area contributed by atoms with Gasteiger partial charge in [0.25, 0.3) is 5.56 Å². The number of ketones is 1. The number of nitrogens with zero attached hydrogens (tertiary/aromatic N) is 1. The van der Waals surface area contributed by atoms with E-state index in [1.165, 1.54) is 17.6 Å². The lowest BCUT2D eigenvalue weighted by atomic mass is 10.2. The van der Waals surface area contributed by atoms with Crippen LogP contribution in [0.25, 0.3) is 0 Å². The van der Waals surface area contributed by atoms with Crippen LogP contribution in [0.15, 0.2) is 16.9 Å². The summed E-state index contributed by atoms with van der Waals surface area (Å²) in [5.74, 6) is -0.551. The van der Waals surface area contributed by atoms with Crippen LogP contribution in [0.5, 0.6) is 0 Å². The van der Waals surface area contributed by atoms with Crippen LogP contribution in [-0.2, 0) is 16.1 Å². The lowest BCUT2D eigenvalue weighted by Crippen LogP contribution is -2.38. The molecule has 1 aromatic rings. The third-order valence-corrected chi connectivity index (χ3v) is 3.62. The van der Waals surface area contributed by atoms with Gasteiger partial charge >= 0.3 is 0 Å². The lowest BCUT2D eigenvalue weighted by molar-refractivity contribution is -0.122. The predicted molar refractivity (Wildman–Crippen MR) is 77.4 cm³/mol. The molecule has 2 heterocycles. The predicted octanol–water partition coefficient (Wildman–Crippen LogP) is 0.655. The normalized spacial score (nSPS) is 17.7. The number of ether oxygens (including phenoxy) is 1. The van der Waals surface area contributed by atoms with Gasteiger partial charge in [0.2, 0.25) is 5.91 Å². The zero-order chi connectivity index (χ0) is 15.4. The number of pyridine rings is 1. The SMILES string of the molecule is CC(=O)c1ccc(C)n(CC(=O)NCC2CCCO2)c1=O. The molecule has 1 aromatic heterocycles. The number of aryl methyl sites for hydroxylation is 1. The van der Waals surface area contributed by atoms with E-state index in [-0.39, 0.29) is 29.9 Å². The summed E-state index contributed by atoms with van der Waals surface area (Å²) < 4.78 is 6.74. The van der Waals surface area contributed by atoms with Crippen LogP contribution < -0.4 is 10.9 Å². The number of aromatic nitrogens is 1. The van der Waals surface area contributed by atoms with Crippen molar-refractivity contribution < 1.29 is 14.3 Å². The molecule has 0 bridgehead atoms. The third-order valence-electron chi connectivity index (χ3n) is 3.62. The average molecular weight is 292 g/mol. The molecule has 0 spiro atoms. The maximum atomic E-state index is 12.2. The molecule has 1 fully saturated rings. The Morgan fingerprint density at radius 1 is 1.43 bits per heavy atom. The minimum absolute atomic E-state index is 0.0651. The van der Waals surface area contributed by atoms with Crippen LogP contribution in [0.1, 0.15) is 35.8 Å². The molecule has 0 aliphatic carbocycles. The van der Waals surface area contributed by atoms with E-state index in [1.807, 2.05) is 0 Å². The standard InChI is InChI=1S/C15H20N2O4/c1-10-5-6-13(11(2)18)15(20)17(10)9-14(19)16-8-12-4-3-7-21-12/h5-6,12H,3-4,7-9H2,1-2H3,(H,16,19). The van der Waals surface area contributed by atoms with Gasteiger partial charge in [-0.1, -0.05) is 0 Å². The van der Waals surface area contributed by atoms with Crippen LogP contribution >= 0.6 is 0 Å². The van der Waals surface area contributed by atoms with Gasteiger partial charge in [-0.15, -0.1) is 0 Å². The van der Waals surface area contributed by atoms with Gasteiger partial charge in [0, 0.05) is 18.8 Å².